The van der Waals surface area contributed by atoms with E-state index in [1.54, 1.807) is 35.9 Å². The van der Waals surface area contributed by atoms with E-state index in [9.17, 15) is 8.42 Å². The maximum Gasteiger partial charge on any atom is 0.175 e. The van der Waals surface area contributed by atoms with Crippen LogP contribution in [0.25, 0.3) is 22.4 Å². The summed E-state index contributed by atoms with van der Waals surface area (Å²) in [7, 11) is -3.22. The number of sulfone groups is 1. The van der Waals surface area contributed by atoms with Crippen LogP contribution in [0, 0.1) is 12.0 Å². The Balaban J connectivity index is 2.14. The fourth-order valence-corrected chi connectivity index (χ4v) is 3.08. The van der Waals surface area contributed by atoms with Gasteiger partial charge >= 0.3 is 0 Å². The summed E-state index contributed by atoms with van der Waals surface area (Å²) in [5.41, 5.74) is 3.59. The lowest BCUT2D eigenvalue weighted by Crippen LogP contribution is -1.96. The lowest BCUT2D eigenvalue weighted by Gasteiger charge is -2.04. The second-order valence-corrected chi connectivity index (χ2v) is 7.38. The van der Waals surface area contributed by atoms with E-state index >= 15 is 0 Å². The van der Waals surface area contributed by atoms with Gasteiger partial charge in [-0.2, -0.15) is 9.78 Å². The Bertz CT molecular complexity index is 1020. The lowest BCUT2D eigenvalue weighted by molar-refractivity contribution is 0.602. The zero-order valence-corrected chi connectivity index (χ0v) is 14.2. The summed E-state index contributed by atoms with van der Waals surface area (Å²) >= 11 is 0. The molecule has 0 aliphatic heterocycles. The molecule has 1 heterocycles. The minimum Gasteiger partial charge on any atom is -0.224 e. The molecule has 3 rings (SSSR count). The van der Waals surface area contributed by atoms with Gasteiger partial charge in [0.25, 0.3) is 0 Å². The van der Waals surface area contributed by atoms with Crippen molar-refractivity contribution in [2.24, 2.45) is 0 Å². The molecule has 0 spiro atoms. The van der Waals surface area contributed by atoms with Gasteiger partial charge < -0.3 is 0 Å². The SMILES string of the molecule is CC#Cn1cc(-c2ccccc2)c(-c2ccc(S(C)(=O)=O)cc2)n1. The number of hydrogen-bond donors (Lipinski definition) is 0. The molecule has 0 radical (unpaired) electrons. The molecule has 24 heavy (non-hydrogen) atoms. The van der Waals surface area contributed by atoms with Crippen molar-refractivity contribution in [3.8, 4) is 34.3 Å². The number of benzene rings is 2. The van der Waals surface area contributed by atoms with Crippen LogP contribution in [-0.2, 0) is 9.84 Å². The first-order valence-corrected chi connectivity index (χ1v) is 9.26. The Morgan fingerprint density at radius 1 is 0.958 bits per heavy atom. The molecule has 0 N–H and O–H groups in total. The molecule has 0 aliphatic carbocycles. The molecule has 0 saturated carbocycles. The van der Waals surface area contributed by atoms with E-state index < -0.39 is 9.84 Å². The molecule has 0 fully saturated rings. The molecule has 1 aromatic heterocycles. The highest BCUT2D eigenvalue weighted by atomic mass is 32.2. The smallest absolute Gasteiger partial charge is 0.175 e. The highest BCUT2D eigenvalue weighted by Gasteiger charge is 2.14. The monoisotopic (exact) mass is 336 g/mol. The van der Waals surface area contributed by atoms with Crippen molar-refractivity contribution in [1.29, 1.82) is 0 Å². The summed E-state index contributed by atoms with van der Waals surface area (Å²) in [5.74, 6) is 2.83. The molecule has 0 bridgehead atoms. The van der Waals surface area contributed by atoms with Crippen LogP contribution in [0.4, 0.5) is 0 Å². The van der Waals surface area contributed by atoms with Crippen molar-refractivity contribution in [2.75, 3.05) is 6.26 Å². The number of rotatable bonds is 3. The molecule has 0 aliphatic rings. The van der Waals surface area contributed by atoms with Crippen LogP contribution < -0.4 is 0 Å². The fraction of sp³-hybridized carbons (Fsp3) is 0.105. The average molecular weight is 336 g/mol. The van der Waals surface area contributed by atoms with E-state index in [-0.39, 0.29) is 0 Å². The predicted octanol–water partition coefficient (Wildman–Crippen LogP) is 3.45. The van der Waals surface area contributed by atoms with Crippen molar-refractivity contribution >= 4 is 9.84 Å². The predicted molar refractivity (Wildman–Crippen MR) is 95.1 cm³/mol. The highest BCUT2D eigenvalue weighted by Crippen LogP contribution is 2.31. The van der Waals surface area contributed by atoms with Crippen molar-refractivity contribution in [3.63, 3.8) is 0 Å². The van der Waals surface area contributed by atoms with Gasteiger partial charge in [0.05, 0.1) is 4.90 Å². The quantitative estimate of drug-likeness (QED) is 0.688. The standard InChI is InChI=1S/C19H16N2O2S/c1-3-13-21-14-18(15-7-5-4-6-8-15)19(20-21)16-9-11-17(12-10-16)24(2,22)23/h4-12,14H,1-2H3. The number of aromatic nitrogens is 2. The Labute approximate surface area is 141 Å². The van der Waals surface area contributed by atoms with Crippen LogP contribution in [0.3, 0.4) is 0 Å². The second-order valence-electron chi connectivity index (χ2n) is 5.36. The van der Waals surface area contributed by atoms with Gasteiger partial charge in [-0.05, 0) is 24.6 Å². The second kappa shape index (κ2) is 6.34. The van der Waals surface area contributed by atoms with Gasteiger partial charge in [-0.15, -0.1) is 0 Å². The van der Waals surface area contributed by atoms with E-state index in [0.29, 0.717) is 4.90 Å². The first-order valence-electron chi connectivity index (χ1n) is 7.37. The Morgan fingerprint density at radius 3 is 2.21 bits per heavy atom. The number of nitrogens with zero attached hydrogens (tertiary/aromatic N) is 2. The molecule has 5 heteroatoms. The van der Waals surface area contributed by atoms with Crippen molar-refractivity contribution in [2.45, 2.75) is 11.8 Å². The maximum atomic E-state index is 11.6. The van der Waals surface area contributed by atoms with Crippen LogP contribution in [0.1, 0.15) is 6.92 Å². The van der Waals surface area contributed by atoms with Crippen LogP contribution in [0.15, 0.2) is 65.7 Å². The topological polar surface area (TPSA) is 52.0 Å². The van der Waals surface area contributed by atoms with E-state index in [2.05, 4.69) is 17.1 Å². The summed E-state index contributed by atoms with van der Waals surface area (Å²) in [6.45, 7) is 1.75. The van der Waals surface area contributed by atoms with E-state index in [0.717, 1.165) is 22.4 Å². The molecule has 0 saturated heterocycles. The average Bonchev–Trinajstić information content (AvgIpc) is 2.99. The van der Waals surface area contributed by atoms with Gasteiger partial charge in [-0.1, -0.05) is 48.4 Å². The van der Waals surface area contributed by atoms with E-state index in [1.807, 2.05) is 36.5 Å². The van der Waals surface area contributed by atoms with Crippen molar-refractivity contribution in [3.05, 3.63) is 60.8 Å². The summed E-state index contributed by atoms with van der Waals surface area (Å²) in [4.78, 5) is 0.292. The Kier molecular flexibility index (Phi) is 4.24. The first-order chi connectivity index (χ1) is 11.5. The molecule has 4 nitrogen and oxygen atoms in total. The summed E-state index contributed by atoms with van der Waals surface area (Å²) in [6.07, 6.45) is 3.08. The van der Waals surface area contributed by atoms with Crippen LogP contribution in [0.5, 0.6) is 0 Å². The summed E-state index contributed by atoms with van der Waals surface area (Å²) in [5, 5.41) is 4.53. The van der Waals surface area contributed by atoms with Crippen LogP contribution in [-0.4, -0.2) is 24.5 Å². The van der Waals surface area contributed by atoms with Gasteiger partial charge in [0.15, 0.2) is 9.84 Å². The zero-order chi connectivity index (χ0) is 17.2. The minimum absolute atomic E-state index is 0.292. The van der Waals surface area contributed by atoms with Crippen molar-refractivity contribution in [1.82, 2.24) is 9.78 Å². The van der Waals surface area contributed by atoms with Crippen LogP contribution in [0.2, 0.25) is 0 Å². The zero-order valence-electron chi connectivity index (χ0n) is 13.4. The van der Waals surface area contributed by atoms with E-state index in [1.165, 1.54) is 6.26 Å². The molecular weight excluding hydrogens is 320 g/mol. The first kappa shape index (κ1) is 16.0. The molecule has 3 aromatic rings. The van der Waals surface area contributed by atoms with E-state index in [4.69, 9.17) is 0 Å². The third-order valence-electron chi connectivity index (χ3n) is 3.58. The fourth-order valence-electron chi connectivity index (χ4n) is 2.45. The van der Waals surface area contributed by atoms with Gasteiger partial charge in [-0.25, -0.2) is 8.42 Å². The normalized spacial score (nSPS) is 10.9. The molecular formula is C19H16N2O2S. The maximum absolute atomic E-state index is 11.6. The van der Waals surface area contributed by atoms with Gasteiger partial charge in [0, 0.05) is 29.6 Å². The molecule has 0 unspecified atom stereocenters. The molecule has 0 atom stereocenters. The molecule has 2 aromatic carbocycles. The molecule has 120 valence electrons. The Hall–Kier alpha value is -2.84. The third kappa shape index (κ3) is 3.24. The summed E-state index contributed by atoms with van der Waals surface area (Å²) < 4.78 is 24.8. The number of hydrogen-bond acceptors (Lipinski definition) is 3. The largest absolute Gasteiger partial charge is 0.224 e. The third-order valence-corrected chi connectivity index (χ3v) is 4.71. The lowest BCUT2D eigenvalue weighted by atomic mass is 10.0. The van der Waals surface area contributed by atoms with Gasteiger partial charge in [0.2, 0.25) is 0 Å². The minimum atomic E-state index is -3.22. The highest BCUT2D eigenvalue weighted by molar-refractivity contribution is 7.90. The molecule has 0 amide bonds. The summed E-state index contributed by atoms with van der Waals surface area (Å²) in [6, 6.07) is 19.6. The van der Waals surface area contributed by atoms with Gasteiger partial charge in [-0.3, -0.25) is 0 Å². The Morgan fingerprint density at radius 2 is 1.62 bits per heavy atom. The van der Waals surface area contributed by atoms with Gasteiger partial charge in [0.1, 0.15) is 5.69 Å². The van der Waals surface area contributed by atoms with Crippen LogP contribution >= 0.6 is 0 Å². The van der Waals surface area contributed by atoms with Crippen molar-refractivity contribution < 1.29 is 8.42 Å².